The van der Waals surface area contributed by atoms with Crippen molar-refractivity contribution in [1.29, 1.82) is 0 Å². The first-order valence-electron chi connectivity index (χ1n) is 9.42. The molecule has 0 aromatic heterocycles. The molecule has 0 aliphatic carbocycles. The lowest BCUT2D eigenvalue weighted by molar-refractivity contribution is -0.132. The molecule has 2 N–H and O–H groups in total. The molecule has 1 fully saturated rings. The Balaban J connectivity index is 1.60. The zero-order valence-corrected chi connectivity index (χ0v) is 16.1. The molecule has 0 unspecified atom stereocenters. The summed E-state index contributed by atoms with van der Waals surface area (Å²) >= 11 is 0. The topological polar surface area (TPSA) is 42.9 Å². The van der Waals surface area contributed by atoms with E-state index in [0.29, 0.717) is 12.5 Å². The standard InChI is InChI=1S/C19H30F3N5/c1-16-5-3-6-17(15-16)27-13-11-26(12-14-27)10-4-8-24-18(23-2)25-9-7-19(20,21)22/h3,5-6,15H,4,7-14H2,1-2H3,(H2,23,24,25). The second-order valence-corrected chi connectivity index (χ2v) is 6.81. The van der Waals surface area contributed by atoms with Crippen molar-refractivity contribution >= 4 is 11.6 Å². The second kappa shape index (κ2) is 10.4. The van der Waals surface area contributed by atoms with E-state index >= 15 is 0 Å². The van der Waals surface area contributed by atoms with Crippen molar-refractivity contribution < 1.29 is 13.2 Å². The highest BCUT2D eigenvalue weighted by Gasteiger charge is 2.26. The van der Waals surface area contributed by atoms with Crippen LogP contribution in [0.2, 0.25) is 0 Å². The first kappa shape index (κ1) is 21.3. The maximum absolute atomic E-state index is 12.2. The summed E-state index contributed by atoms with van der Waals surface area (Å²) < 4.78 is 36.5. The van der Waals surface area contributed by atoms with Gasteiger partial charge >= 0.3 is 6.18 Å². The van der Waals surface area contributed by atoms with Gasteiger partial charge in [-0.05, 0) is 37.6 Å². The average Bonchev–Trinajstić information content (AvgIpc) is 2.63. The summed E-state index contributed by atoms with van der Waals surface area (Å²) in [7, 11) is 1.56. The van der Waals surface area contributed by atoms with E-state index in [1.54, 1.807) is 7.05 Å². The van der Waals surface area contributed by atoms with Crippen molar-refractivity contribution in [2.75, 3.05) is 57.8 Å². The Bertz CT molecular complexity index is 595. The largest absolute Gasteiger partial charge is 0.390 e. The van der Waals surface area contributed by atoms with Crippen LogP contribution in [0, 0.1) is 6.92 Å². The lowest BCUT2D eigenvalue weighted by atomic mass is 10.2. The minimum absolute atomic E-state index is 0.163. The van der Waals surface area contributed by atoms with Crippen LogP contribution in [0.5, 0.6) is 0 Å². The van der Waals surface area contributed by atoms with Crippen LogP contribution in [0.25, 0.3) is 0 Å². The highest BCUT2D eigenvalue weighted by molar-refractivity contribution is 5.79. The summed E-state index contributed by atoms with van der Waals surface area (Å²) in [6, 6.07) is 8.58. The zero-order valence-electron chi connectivity index (χ0n) is 16.1. The van der Waals surface area contributed by atoms with Crippen molar-refractivity contribution in [3.05, 3.63) is 29.8 Å². The fraction of sp³-hybridized carbons (Fsp3) is 0.632. The highest BCUT2D eigenvalue weighted by atomic mass is 19.4. The quantitative estimate of drug-likeness (QED) is 0.430. The number of nitrogens with zero attached hydrogens (tertiary/aromatic N) is 3. The first-order chi connectivity index (χ1) is 12.9. The molecule has 1 aliphatic rings. The number of nitrogens with one attached hydrogen (secondary N) is 2. The molecule has 0 bridgehead atoms. The summed E-state index contributed by atoms with van der Waals surface area (Å²) in [6.07, 6.45) is -4.09. The molecule has 0 saturated carbocycles. The first-order valence-corrected chi connectivity index (χ1v) is 9.42. The molecule has 0 spiro atoms. The number of alkyl halides is 3. The Kier molecular flexibility index (Phi) is 8.22. The third-order valence-electron chi connectivity index (χ3n) is 4.61. The number of aryl methyl sites for hydroxylation is 1. The number of rotatable bonds is 7. The van der Waals surface area contributed by atoms with Crippen molar-refractivity contribution in [2.45, 2.75) is 25.9 Å². The molecule has 1 aromatic carbocycles. The molecular weight excluding hydrogens is 355 g/mol. The maximum Gasteiger partial charge on any atom is 0.390 e. The SMILES string of the molecule is CN=C(NCCCN1CCN(c2cccc(C)c2)CC1)NCCC(F)(F)F. The number of hydrogen-bond acceptors (Lipinski definition) is 3. The minimum Gasteiger partial charge on any atom is -0.369 e. The lowest BCUT2D eigenvalue weighted by Crippen LogP contribution is -2.47. The fourth-order valence-electron chi connectivity index (χ4n) is 3.11. The van der Waals surface area contributed by atoms with Crippen LogP contribution < -0.4 is 15.5 Å². The molecule has 0 amide bonds. The Morgan fingerprint density at radius 2 is 1.81 bits per heavy atom. The smallest absolute Gasteiger partial charge is 0.369 e. The molecule has 1 aromatic rings. The number of halogens is 3. The summed E-state index contributed by atoms with van der Waals surface area (Å²) in [4.78, 5) is 8.78. The van der Waals surface area contributed by atoms with Gasteiger partial charge in [-0.3, -0.25) is 9.89 Å². The molecule has 27 heavy (non-hydrogen) atoms. The van der Waals surface area contributed by atoms with E-state index in [1.807, 2.05) is 0 Å². The van der Waals surface area contributed by atoms with E-state index in [4.69, 9.17) is 0 Å². The van der Waals surface area contributed by atoms with E-state index in [1.165, 1.54) is 11.3 Å². The molecule has 1 heterocycles. The van der Waals surface area contributed by atoms with Crippen LogP contribution in [0.4, 0.5) is 18.9 Å². The van der Waals surface area contributed by atoms with Gasteiger partial charge in [0.15, 0.2) is 5.96 Å². The van der Waals surface area contributed by atoms with Crippen molar-refractivity contribution in [1.82, 2.24) is 15.5 Å². The number of hydrogen-bond donors (Lipinski definition) is 2. The van der Waals surface area contributed by atoms with Crippen LogP contribution in [0.15, 0.2) is 29.3 Å². The summed E-state index contributed by atoms with van der Waals surface area (Å²) in [5, 5.41) is 5.76. The van der Waals surface area contributed by atoms with Crippen LogP contribution in [-0.4, -0.2) is 69.9 Å². The normalized spacial score (nSPS) is 16.5. The van der Waals surface area contributed by atoms with Crippen molar-refractivity contribution in [3.63, 3.8) is 0 Å². The average molecular weight is 385 g/mol. The second-order valence-electron chi connectivity index (χ2n) is 6.81. The van der Waals surface area contributed by atoms with Gasteiger partial charge in [-0.25, -0.2) is 0 Å². The van der Waals surface area contributed by atoms with E-state index in [2.05, 4.69) is 56.6 Å². The van der Waals surface area contributed by atoms with Crippen molar-refractivity contribution in [3.8, 4) is 0 Å². The van der Waals surface area contributed by atoms with Gasteiger partial charge < -0.3 is 15.5 Å². The van der Waals surface area contributed by atoms with Gasteiger partial charge in [-0.15, -0.1) is 0 Å². The molecule has 2 rings (SSSR count). The number of anilines is 1. The summed E-state index contributed by atoms with van der Waals surface area (Å²) in [5.74, 6) is 0.420. The number of piperazine rings is 1. The Morgan fingerprint density at radius 3 is 2.44 bits per heavy atom. The molecule has 0 radical (unpaired) electrons. The van der Waals surface area contributed by atoms with Crippen LogP contribution in [0.1, 0.15) is 18.4 Å². The molecule has 152 valence electrons. The Morgan fingerprint density at radius 1 is 1.11 bits per heavy atom. The zero-order chi connectivity index (χ0) is 19.7. The minimum atomic E-state index is -4.15. The molecule has 8 heteroatoms. The predicted octanol–water partition coefficient (Wildman–Crippen LogP) is 2.62. The van der Waals surface area contributed by atoms with Gasteiger partial charge in [-0.2, -0.15) is 13.2 Å². The van der Waals surface area contributed by atoms with E-state index in [0.717, 1.165) is 39.1 Å². The number of guanidine groups is 1. The monoisotopic (exact) mass is 385 g/mol. The summed E-state index contributed by atoms with van der Waals surface area (Å²) in [5.41, 5.74) is 2.56. The maximum atomic E-state index is 12.2. The van der Waals surface area contributed by atoms with Crippen LogP contribution in [0.3, 0.4) is 0 Å². The predicted molar refractivity (Wildman–Crippen MR) is 104 cm³/mol. The molecule has 1 saturated heterocycles. The van der Waals surface area contributed by atoms with E-state index < -0.39 is 12.6 Å². The Labute approximate surface area is 159 Å². The summed E-state index contributed by atoms with van der Waals surface area (Å²) in [6.45, 7) is 7.66. The number of benzene rings is 1. The number of aliphatic imine (C=N–C) groups is 1. The fourth-order valence-corrected chi connectivity index (χ4v) is 3.11. The van der Waals surface area contributed by atoms with Crippen LogP contribution >= 0.6 is 0 Å². The Hall–Kier alpha value is -1.96. The lowest BCUT2D eigenvalue weighted by Gasteiger charge is -2.36. The molecular formula is C19H30F3N5. The molecule has 1 aliphatic heterocycles. The molecule has 5 nitrogen and oxygen atoms in total. The van der Waals surface area contributed by atoms with Crippen molar-refractivity contribution in [2.24, 2.45) is 4.99 Å². The third-order valence-corrected chi connectivity index (χ3v) is 4.61. The van der Waals surface area contributed by atoms with Gasteiger partial charge in [0, 0.05) is 52.0 Å². The van der Waals surface area contributed by atoms with Gasteiger partial charge in [0.05, 0.1) is 6.42 Å². The van der Waals surface area contributed by atoms with Crippen LogP contribution in [-0.2, 0) is 0 Å². The van der Waals surface area contributed by atoms with Gasteiger partial charge in [-0.1, -0.05) is 12.1 Å². The van der Waals surface area contributed by atoms with Gasteiger partial charge in [0.25, 0.3) is 0 Å². The van der Waals surface area contributed by atoms with Gasteiger partial charge in [0.1, 0.15) is 0 Å². The molecule has 0 atom stereocenters. The van der Waals surface area contributed by atoms with E-state index in [-0.39, 0.29) is 6.54 Å². The van der Waals surface area contributed by atoms with Gasteiger partial charge in [0.2, 0.25) is 0 Å². The third kappa shape index (κ3) is 8.07. The highest BCUT2D eigenvalue weighted by Crippen LogP contribution is 2.18. The van der Waals surface area contributed by atoms with E-state index in [9.17, 15) is 13.2 Å².